The fourth-order valence-corrected chi connectivity index (χ4v) is 2.27. The molecule has 0 saturated heterocycles. The number of esters is 1. The molecule has 9 nitrogen and oxygen atoms in total. The van der Waals surface area contributed by atoms with Gasteiger partial charge in [-0.05, 0) is 24.3 Å². The molecule has 3 aromatic rings. The molecule has 0 unspecified atom stereocenters. The van der Waals surface area contributed by atoms with Gasteiger partial charge in [-0.2, -0.15) is 0 Å². The fourth-order valence-electron chi connectivity index (χ4n) is 2.27. The van der Waals surface area contributed by atoms with E-state index in [1.807, 2.05) is 30.3 Å². The second-order valence-electron chi connectivity index (χ2n) is 5.39. The molecular weight excluding hydrogens is 350 g/mol. The highest BCUT2D eigenvalue weighted by atomic mass is 16.6. The van der Waals surface area contributed by atoms with E-state index < -0.39 is 10.9 Å². The lowest BCUT2D eigenvalue weighted by molar-refractivity contribution is -0.384. The molecule has 9 heteroatoms. The van der Waals surface area contributed by atoms with Crippen LogP contribution >= 0.6 is 0 Å². The third-order valence-corrected chi connectivity index (χ3v) is 3.56. The van der Waals surface area contributed by atoms with Crippen molar-refractivity contribution in [2.75, 3.05) is 17.7 Å². The smallest absolute Gasteiger partial charge is 0.339 e. The number of anilines is 4. The molecule has 0 fully saturated rings. The zero-order chi connectivity index (χ0) is 19.2. The van der Waals surface area contributed by atoms with E-state index in [1.54, 1.807) is 12.1 Å². The van der Waals surface area contributed by atoms with Crippen molar-refractivity contribution in [3.63, 3.8) is 0 Å². The first-order chi connectivity index (χ1) is 13.1. The average molecular weight is 365 g/mol. The molecule has 0 spiro atoms. The number of carbonyl (C=O) groups excluding carboxylic acids is 1. The van der Waals surface area contributed by atoms with Crippen LogP contribution in [-0.4, -0.2) is 28.0 Å². The minimum Gasteiger partial charge on any atom is -0.465 e. The molecule has 0 saturated carbocycles. The standard InChI is InChI=1S/C18H15N5O4/c1-27-18(24)12-9-15(23(25)26)17(20-10-12)22-14-7-8-16(19-11-14)21-13-5-3-2-4-6-13/h2-11H,1H3,(H,19,21)(H,20,22). The zero-order valence-corrected chi connectivity index (χ0v) is 14.2. The maximum atomic E-state index is 11.5. The summed E-state index contributed by atoms with van der Waals surface area (Å²) in [5.41, 5.74) is 1.05. The van der Waals surface area contributed by atoms with Crippen LogP contribution in [0.15, 0.2) is 60.9 Å². The lowest BCUT2D eigenvalue weighted by Crippen LogP contribution is -2.06. The van der Waals surface area contributed by atoms with Crippen molar-refractivity contribution in [1.29, 1.82) is 0 Å². The largest absolute Gasteiger partial charge is 0.465 e. The number of methoxy groups -OCH3 is 1. The Hall–Kier alpha value is -4.01. The molecule has 0 aliphatic rings. The highest BCUT2D eigenvalue weighted by Crippen LogP contribution is 2.26. The first kappa shape index (κ1) is 17.8. The van der Waals surface area contributed by atoms with Crippen LogP contribution in [0.25, 0.3) is 0 Å². The minimum atomic E-state index is -0.699. The number of para-hydroxylation sites is 1. The van der Waals surface area contributed by atoms with Gasteiger partial charge in [0.2, 0.25) is 5.82 Å². The van der Waals surface area contributed by atoms with Gasteiger partial charge in [-0.25, -0.2) is 14.8 Å². The number of ether oxygens (including phenoxy) is 1. The van der Waals surface area contributed by atoms with Gasteiger partial charge in [-0.1, -0.05) is 18.2 Å². The van der Waals surface area contributed by atoms with Gasteiger partial charge < -0.3 is 15.4 Å². The molecule has 2 heterocycles. The Kier molecular flexibility index (Phi) is 5.22. The molecular formula is C18H15N5O4. The lowest BCUT2D eigenvalue weighted by Gasteiger charge is -2.09. The van der Waals surface area contributed by atoms with Crippen LogP contribution in [0.5, 0.6) is 0 Å². The molecule has 3 rings (SSSR count). The van der Waals surface area contributed by atoms with E-state index in [-0.39, 0.29) is 17.1 Å². The van der Waals surface area contributed by atoms with Crippen LogP contribution < -0.4 is 10.6 Å². The summed E-state index contributed by atoms with van der Waals surface area (Å²) in [7, 11) is 1.19. The molecule has 0 aliphatic carbocycles. The molecule has 1 aromatic carbocycles. The van der Waals surface area contributed by atoms with E-state index in [9.17, 15) is 14.9 Å². The van der Waals surface area contributed by atoms with Crippen LogP contribution in [0.3, 0.4) is 0 Å². The molecule has 27 heavy (non-hydrogen) atoms. The van der Waals surface area contributed by atoms with Crippen molar-refractivity contribution in [1.82, 2.24) is 9.97 Å². The Bertz CT molecular complexity index is 961. The first-order valence-corrected chi connectivity index (χ1v) is 7.84. The van der Waals surface area contributed by atoms with Gasteiger partial charge in [0.05, 0.1) is 29.5 Å². The topological polar surface area (TPSA) is 119 Å². The summed E-state index contributed by atoms with van der Waals surface area (Å²) < 4.78 is 4.55. The van der Waals surface area contributed by atoms with Crippen molar-refractivity contribution in [3.05, 3.63) is 76.6 Å². The number of nitro groups is 1. The van der Waals surface area contributed by atoms with Gasteiger partial charge in [0.1, 0.15) is 5.82 Å². The number of rotatable bonds is 6. The third kappa shape index (κ3) is 4.34. The Labute approximate surface area is 154 Å². The normalized spacial score (nSPS) is 10.1. The van der Waals surface area contributed by atoms with Crippen molar-refractivity contribution in [2.24, 2.45) is 0 Å². The molecule has 136 valence electrons. The van der Waals surface area contributed by atoms with Gasteiger partial charge >= 0.3 is 11.7 Å². The van der Waals surface area contributed by atoms with E-state index in [2.05, 4.69) is 25.3 Å². The summed E-state index contributed by atoms with van der Waals surface area (Å²) in [6, 6.07) is 14.1. The molecule has 2 N–H and O–H groups in total. The SMILES string of the molecule is COC(=O)c1cnc(Nc2ccc(Nc3ccccc3)nc2)c([N+](=O)[O-])c1. The maximum absolute atomic E-state index is 11.5. The van der Waals surface area contributed by atoms with E-state index in [1.165, 1.54) is 19.5 Å². The number of aromatic nitrogens is 2. The second kappa shape index (κ2) is 7.91. The van der Waals surface area contributed by atoms with Crippen LogP contribution in [0.1, 0.15) is 10.4 Å². The van der Waals surface area contributed by atoms with Gasteiger partial charge in [0.15, 0.2) is 0 Å². The van der Waals surface area contributed by atoms with Gasteiger partial charge in [0, 0.05) is 18.0 Å². The van der Waals surface area contributed by atoms with E-state index in [4.69, 9.17) is 0 Å². The van der Waals surface area contributed by atoms with Crippen LogP contribution in [0.4, 0.5) is 28.7 Å². The van der Waals surface area contributed by atoms with Gasteiger partial charge in [0.25, 0.3) is 0 Å². The lowest BCUT2D eigenvalue weighted by atomic mass is 10.2. The predicted octanol–water partition coefficient (Wildman–Crippen LogP) is 3.66. The highest BCUT2D eigenvalue weighted by molar-refractivity contribution is 5.90. The summed E-state index contributed by atoms with van der Waals surface area (Å²) in [6.45, 7) is 0. The van der Waals surface area contributed by atoms with Crippen molar-refractivity contribution < 1.29 is 14.5 Å². The molecule has 0 amide bonds. The van der Waals surface area contributed by atoms with Gasteiger partial charge in [-0.3, -0.25) is 10.1 Å². The van der Waals surface area contributed by atoms with Gasteiger partial charge in [-0.15, -0.1) is 0 Å². The van der Waals surface area contributed by atoms with Crippen molar-refractivity contribution in [3.8, 4) is 0 Å². The maximum Gasteiger partial charge on any atom is 0.339 e. The zero-order valence-electron chi connectivity index (χ0n) is 14.2. The summed E-state index contributed by atoms with van der Waals surface area (Å²) >= 11 is 0. The average Bonchev–Trinajstić information content (AvgIpc) is 2.70. The van der Waals surface area contributed by atoms with E-state index in [0.717, 1.165) is 11.8 Å². The monoisotopic (exact) mass is 365 g/mol. The quantitative estimate of drug-likeness (QED) is 0.386. The Balaban J connectivity index is 1.78. The van der Waals surface area contributed by atoms with E-state index in [0.29, 0.717) is 11.5 Å². The summed E-state index contributed by atoms with van der Waals surface area (Å²) in [5, 5.41) is 17.3. The fraction of sp³-hybridized carbons (Fsp3) is 0.0556. The Morgan fingerprint density at radius 2 is 1.81 bits per heavy atom. The number of carbonyl (C=O) groups is 1. The van der Waals surface area contributed by atoms with Crippen LogP contribution in [0.2, 0.25) is 0 Å². The van der Waals surface area contributed by atoms with Crippen molar-refractivity contribution >= 4 is 34.7 Å². The molecule has 0 radical (unpaired) electrons. The number of hydrogen-bond donors (Lipinski definition) is 2. The molecule has 0 bridgehead atoms. The third-order valence-electron chi connectivity index (χ3n) is 3.56. The van der Waals surface area contributed by atoms with E-state index >= 15 is 0 Å². The van der Waals surface area contributed by atoms with Crippen molar-refractivity contribution in [2.45, 2.75) is 0 Å². The Morgan fingerprint density at radius 1 is 1.04 bits per heavy atom. The summed E-state index contributed by atoms with van der Waals surface area (Å²) in [5.74, 6) is -0.0800. The Morgan fingerprint density at radius 3 is 2.44 bits per heavy atom. The predicted molar refractivity (Wildman–Crippen MR) is 99.5 cm³/mol. The highest BCUT2D eigenvalue weighted by Gasteiger charge is 2.19. The van der Waals surface area contributed by atoms with Crippen LogP contribution in [-0.2, 0) is 4.74 Å². The summed E-state index contributed by atoms with van der Waals surface area (Å²) in [4.78, 5) is 30.4. The number of nitrogens with zero attached hydrogens (tertiary/aromatic N) is 3. The number of pyridine rings is 2. The van der Waals surface area contributed by atoms with Crippen LogP contribution in [0, 0.1) is 10.1 Å². The molecule has 2 aromatic heterocycles. The summed E-state index contributed by atoms with van der Waals surface area (Å²) in [6.07, 6.45) is 2.73. The number of nitrogens with one attached hydrogen (secondary N) is 2. The first-order valence-electron chi connectivity index (χ1n) is 7.84. The number of benzene rings is 1. The second-order valence-corrected chi connectivity index (χ2v) is 5.39. The minimum absolute atomic E-state index is 0.00165. The molecule has 0 atom stereocenters. The number of hydrogen-bond acceptors (Lipinski definition) is 8. The molecule has 0 aliphatic heterocycles.